The van der Waals surface area contributed by atoms with E-state index in [0.29, 0.717) is 12.1 Å². The van der Waals surface area contributed by atoms with Crippen molar-refractivity contribution in [3.63, 3.8) is 0 Å². The Morgan fingerprint density at radius 2 is 2.29 bits per heavy atom. The van der Waals surface area contributed by atoms with Crippen LogP contribution in [0.4, 0.5) is 11.4 Å². The summed E-state index contributed by atoms with van der Waals surface area (Å²) >= 11 is 3.30. The Kier molecular flexibility index (Phi) is 3.95. The van der Waals surface area contributed by atoms with E-state index in [1.807, 2.05) is 6.92 Å². The van der Waals surface area contributed by atoms with Crippen LogP contribution in [0.5, 0.6) is 0 Å². The van der Waals surface area contributed by atoms with E-state index in [4.69, 9.17) is 5.73 Å². The molecule has 4 heteroatoms. The molecule has 0 bridgehead atoms. The summed E-state index contributed by atoms with van der Waals surface area (Å²) in [5, 5.41) is 2.79. The maximum absolute atomic E-state index is 11.3. The lowest BCUT2D eigenvalue weighted by Gasteiger charge is -2.05. The zero-order valence-corrected chi connectivity index (χ0v) is 9.60. The topological polar surface area (TPSA) is 55.1 Å². The van der Waals surface area contributed by atoms with Crippen LogP contribution in [0.1, 0.15) is 19.8 Å². The van der Waals surface area contributed by atoms with Gasteiger partial charge in [-0.25, -0.2) is 0 Å². The fourth-order valence-corrected chi connectivity index (χ4v) is 1.43. The molecule has 0 aliphatic carbocycles. The zero-order valence-electron chi connectivity index (χ0n) is 8.01. The van der Waals surface area contributed by atoms with Crippen LogP contribution in [0.15, 0.2) is 22.7 Å². The zero-order chi connectivity index (χ0) is 10.6. The second-order valence-electron chi connectivity index (χ2n) is 3.03. The molecule has 3 N–H and O–H groups in total. The SMILES string of the molecule is CCCC(=O)Nc1ccc(N)c(Br)c1. The van der Waals surface area contributed by atoms with Gasteiger partial charge in [-0.1, -0.05) is 6.92 Å². The molecular weight excluding hydrogens is 244 g/mol. The normalized spacial score (nSPS) is 9.86. The molecule has 0 saturated carbocycles. The summed E-state index contributed by atoms with van der Waals surface area (Å²) in [5.74, 6) is 0.0316. The highest BCUT2D eigenvalue weighted by molar-refractivity contribution is 9.10. The first-order chi connectivity index (χ1) is 6.63. The number of halogens is 1. The minimum atomic E-state index is 0.0316. The maximum atomic E-state index is 11.3. The molecule has 1 aromatic carbocycles. The summed E-state index contributed by atoms with van der Waals surface area (Å²) < 4.78 is 0.798. The summed E-state index contributed by atoms with van der Waals surface area (Å²) in [4.78, 5) is 11.3. The third kappa shape index (κ3) is 3.03. The number of benzene rings is 1. The molecule has 0 aliphatic rings. The highest BCUT2D eigenvalue weighted by Gasteiger charge is 2.02. The van der Waals surface area contributed by atoms with Gasteiger partial charge < -0.3 is 11.1 Å². The third-order valence-corrected chi connectivity index (χ3v) is 2.45. The van der Waals surface area contributed by atoms with Gasteiger partial charge in [-0.15, -0.1) is 0 Å². The van der Waals surface area contributed by atoms with Crippen molar-refractivity contribution in [1.29, 1.82) is 0 Å². The first-order valence-electron chi connectivity index (χ1n) is 4.48. The monoisotopic (exact) mass is 256 g/mol. The molecule has 1 amide bonds. The standard InChI is InChI=1S/C10H13BrN2O/c1-2-3-10(14)13-7-4-5-9(12)8(11)6-7/h4-6H,2-3,12H2,1H3,(H,13,14). The second kappa shape index (κ2) is 5.00. The Bertz CT molecular complexity index is 339. The van der Waals surface area contributed by atoms with Crippen LogP contribution in [0.25, 0.3) is 0 Å². The lowest BCUT2D eigenvalue weighted by molar-refractivity contribution is -0.116. The highest BCUT2D eigenvalue weighted by Crippen LogP contribution is 2.23. The van der Waals surface area contributed by atoms with Crippen LogP contribution in [0.2, 0.25) is 0 Å². The number of nitrogen functional groups attached to an aromatic ring is 1. The highest BCUT2D eigenvalue weighted by atomic mass is 79.9. The van der Waals surface area contributed by atoms with Crippen LogP contribution in [-0.4, -0.2) is 5.91 Å². The number of carbonyl (C=O) groups is 1. The number of hydrogen-bond donors (Lipinski definition) is 2. The van der Waals surface area contributed by atoms with Crippen molar-refractivity contribution in [1.82, 2.24) is 0 Å². The van der Waals surface area contributed by atoms with Gasteiger partial charge in [0.25, 0.3) is 0 Å². The van der Waals surface area contributed by atoms with Gasteiger partial charge >= 0.3 is 0 Å². The van der Waals surface area contributed by atoms with E-state index in [9.17, 15) is 4.79 Å². The van der Waals surface area contributed by atoms with Gasteiger partial charge in [0.2, 0.25) is 5.91 Å². The first kappa shape index (κ1) is 11.0. The average molecular weight is 257 g/mol. The molecule has 0 fully saturated rings. The minimum absolute atomic E-state index is 0.0316. The number of nitrogens with one attached hydrogen (secondary N) is 1. The molecule has 1 aromatic rings. The Morgan fingerprint density at radius 1 is 1.57 bits per heavy atom. The van der Waals surface area contributed by atoms with Gasteiger partial charge in [0, 0.05) is 22.3 Å². The summed E-state index contributed by atoms with van der Waals surface area (Å²) in [5.41, 5.74) is 7.05. The number of rotatable bonds is 3. The van der Waals surface area contributed by atoms with Gasteiger partial charge in [-0.05, 0) is 40.5 Å². The molecule has 76 valence electrons. The smallest absolute Gasteiger partial charge is 0.224 e. The third-order valence-electron chi connectivity index (χ3n) is 1.76. The molecule has 0 heterocycles. The van der Waals surface area contributed by atoms with E-state index >= 15 is 0 Å². The van der Waals surface area contributed by atoms with E-state index in [0.717, 1.165) is 16.6 Å². The Hall–Kier alpha value is -1.03. The van der Waals surface area contributed by atoms with E-state index < -0.39 is 0 Å². The quantitative estimate of drug-likeness (QED) is 0.818. The molecule has 0 spiro atoms. The lowest BCUT2D eigenvalue weighted by atomic mass is 10.2. The molecule has 14 heavy (non-hydrogen) atoms. The molecule has 0 atom stereocenters. The molecule has 0 unspecified atom stereocenters. The maximum Gasteiger partial charge on any atom is 0.224 e. The van der Waals surface area contributed by atoms with Crippen molar-refractivity contribution in [2.24, 2.45) is 0 Å². The number of nitrogens with two attached hydrogens (primary N) is 1. The van der Waals surface area contributed by atoms with Crippen molar-refractivity contribution >= 4 is 33.2 Å². The average Bonchev–Trinajstić information content (AvgIpc) is 2.12. The van der Waals surface area contributed by atoms with Crippen LogP contribution in [0.3, 0.4) is 0 Å². The van der Waals surface area contributed by atoms with Gasteiger partial charge in [-0.2, -0.15) is 0 Å². The van der Waals surface area contributed by atoms with Gasteiger partial charge in [0.05, 0.1) is 0 Å². The largest absolute Gasteiger partial charge is 0.398 e. The van der Waals surface area contributed by atoms with E-state index in [-0.39, 0.29) is 5.91 Å². The summed E-state index contributed by atoms with van der Waals surface area (Å²) in [6.45, 7) is 1.97. The predicted molar refractivity (Wildman–Crippen MR) is 62.1 cm³/mol. The number of amides is 1. The van der Waals surface area contributed by atoms with E-state index in [2.05, 4.69) is 21.2 Å². The number of carbonyl (C=O) groups excluding carboxylic acids is 1. The van der Waals surface area contributed by atoms with Crippen LogP contribution < -0.4 is 11.1 Å². The van der Waals surface area contributed by atoms with E-state index in [1.54, 1.807) is 18.2 Å². The minimum Gasteiger partial charge on any atom is -0.398 e. The molecular formula is C10H13BrN2O. The Balaban J connectivity index is 2.68. The predicted octanol–water partition coefficient (Wildman–Crippen LogP) is 2.77. The second-order valence-corrected chi connectivity index (χ2v) is 3.89. The van der Waals surface area contributed by atoms with Crippen molar-refractivity contribution in [2.75, 3.05) is 11.1 Å². The Morgan fingerprint density at radius 3 is 2.86 bits per heavy atom. The first-order valence-corrected chi connectivity index (χ1v) is 5.27. The van der Waals surface area contributed by atoms with Crippen molar-refractivity contribution in [2.45, 2.75) is 19.8 Å². The number of hydrogen-bond acceptors (Lipinski definition) is 2. The molecule has 0 saturated heterocycles. The van der Waals surface area contributed by atoms with Crippen molar-refractivity contribution < 1.29 is 4.79 Å². The Labute approximate surface area is 91.8 Å². The van der Waals surface area contributed by atoms with Gasteiger partial charge in [0.15, 0.2) is 0 Å². The molecule has 0 aliphatic heterocycles. The van der Waals surface area contributed by atoms with Gasteiger partial charge in [-0.3, -0.25) is 4.79 Å². The summed E-state index contributed by atoms with van der Waals surface area (Å²) in [6, 6.07) is 5.34. The van der Waals surface area contributed by atoms with E-state index in [1.165, 1.54) is 0 Å². The molecule has 1 rings (SSSR count). The van der Waals surface area contributed by atoms with Crippen LogP contribution in [-0.2, 0) is 4.79 Å². The number of anilines is 2. The summed E-state index contributed by atoms with van der Waals surface area (Å²) in [6.07, 6.45) is 1.39. The molecule has 0 aromatic heterocycles. The lowest BCUT2D eigenvalue weighted by Crippen LogP contribution is -2.10. The summed E-state index contributed by atoms with van der Waals surface area (Å²) in [7, 11) is 0. The van der Waals surface area contributed by atoms with Crippen LogP contribution >= 0.6 is 15.9 Å². The fourth-order valence-electron chi connectivity index (χ4n) is 1.06. The fraction of sp³-hybridized carbons (Fsp3) is 0.300. The van der Waals surface area contributed by atoms with Crippen molar-refractivity contribution in [3.8, 4) is 0 Å². The van der Waals surface area contributed by atoms with Crippen molar-refractivity contribution in [3.05, 3.63) is 22.7 Å². The van der Waals surface area contributed by atoms with Crippen LogP contribution in [0, 0.1) is 0 Å². The van der Waals surface area contributed by atoms with Gasteiger partial charge in [0.1, 0.15) is 0 Å². The molecule has 3 nitrogen and oxygen atoms in total. The molecule has 0 radical (unpaired) electrons.